The Morgan fingerprint density at radius 2 is 1.77 bits per heavy atom. The fraction of sp³-hybridized carbons (Fsp3) is 0.294. The molecule has 4 nitrogen and oxygen atoms in total. The van der Waals surface area contributed by atoms with E-state index in [-0.39, 0.29) is 6.04 Å². The molecule has 5 heteroatoms. The zero-order chi connectivity index (χ0) is 16.3. The number of nitrogens with one attached hydrogen (secondary N) is 1. The second kappa shape index (κ2) is 6.50. The number of aryl methyl sites for hydroxylation is 2. The van der Waals surface area contributed by atoms with Crippen LogP contribution in [-0.4, -0.2) is 15.5 Å². The predicted molar refractivity (Wildman–Crippen MR) is 87.6 cm³/mol. The molecule has 0 bridgehead atoms. The molecule has 1 unspecified atom stereocenters. The molecule has 0 saturated carbocycles. The Bertz CT molecular complexity index is 769. The summed E-state index contributed by atoms with van der Waals surface area (Å²) in [5.41, 5.74) is 2.58. The second-order valence-corrected chi connectivity index (χ2v) is 7.04. The van der Waals surface area contributed by atoms with Gasteiger partial charge in [-0.15, -0.1) is 0 Å². The highest BCUT2D eigenvalue weighted by molar-refractivity contribution is 7.89. The van der Waals surface area contributed by atoms with Gasteiger partial charge in [-0.1, -0.05) is 35.9 Å². The number of sulfonamides is 1. The first-order valence-corrected chi connectivity index (χ1v) is 8.56. The summed E-state index contributed by atoms with van der Waals surface area (Å²) in [7, 11) is -2.01. The molecule has 118 valence electrons. The summed E-state index contributed by atoms with van der Waals surface area (Å²) in [6, 6.07) is 12.3. The minimum absolute atomic E-state index is 0.305. The van der Waals surface area contributed by atoms with Gasteiger partial charge in [0.2, 0.25) is 10.0 Å². The van der Waals surface area contributed by atoms with E-state index >= 15 is 0 Å². The van der Waals surface area contributed by atoms with Crippen LogP contribution in [-0.2, 0) is 10.0 Å². The molecular weight excluding hydrogens is 298 g/mol. The number of para-hydroxylation sites is 1. The highest BCUT2D eigenvalue weighted by Gasteiger charge is 2.21. The quantitative estimate of drug-likeness (QED) is 0.919. The Morgan fingerprint density at radius 1 is 1.09 bits per heavy atom. The number of benzene rings is 2. The third kappa shape index (κ3) is 3.48. The number of hydrogen-bond acceptors (Lipinski definition) is 3. The van der Waals surface area contributed by atoms with Gasteiger partial charge in [-0.05, 0) is 38.5 Å². The molecule has 0 spiro atoms. The lowest BCUT2D eigenvalue weighted by molar-refractivity contribution is 0.405. The SMILES string of the molecule is COc1ccccc1C(C)NS(=O)(=O)c1ccc(C)cc1C. The van der Waals surface area contributed by atoms with Gasteiger partial charge < -0.3 is 4.74 Å². The van der Waals surface area contributed by atoms with Gasteiger partial charge in [0.15, 0.2) is 0 Å². The predicted octanol–water partition coefficient (Wildman–Crippen LogP) is 3.35. The molecule has 22 heavy (non-hydrogen) atoms. The van der Waals surface area contributed by atoms with E-state index in [2.05, 4.69) is 4.72 Å². The Labute approximate surface area is 132 Å². The van der Waals surface area contributed by atoms with E-state index in [1.807, 2.05) is 37.3 Å². The normalized spacial score (nSPS) is 12.9. The van der Waals surface area contributed by atoms with Crippen LogP contribution in [0.4, 0.5) is 0 Å². The monoisotopic (exact) mass is 319 g/mol. The maximum absolute atomic E-state index is 12.6. The van der Waals surface area contributed by atoms with Gasteiger partial charge >= 0.3 is 0 Å². The first kappa shape index (κ1) is 16.5. The van der Waals surface area contributed by atoms with Gasteiger partial charge in [0, 0.05) is 11.6 Å². The number of ether oxygens (including phenoxy) is 1. The third-order valence-electron chi connectivity index (χ3n) is 3.56. The van der Waals surface area contributed by atoms with Crippen LogP contribution in [0, 0.1) is 13.8 Å². The van der Waals surface area contributed by atoms with E-state index in [1.54, 1.807) is 33.1 Å². The molecule has 0 aliphatic carbocycles. The summed E-state index contributed by atoms with van der Waals surface area (Å²) in [4.78, 5) is 0.305. The summed E-state index contributed by atoms with van der Waals surface area (Å²) in [5, 5.41) is 0. The van der Waals surface area contributed by atoms with Crippen molar-refractivity contribution in [2.45, 2.75) is 31.7 Å². The van der Waals surface area contributed by atoms with E-state index in [9.17, 15) is 8.42 Å². The summed E-state index contributed by atoms with van der Waals surface area (Å²) in [6.07, 6.45) is 0. The fourth-order valence-electron chi connectivity index (χ4n) is 2.48. The molecule has 0 fully saturated rings. The minimum atomic E-state index is -3.59. The topological polar surface area (TPSA) is 55.4 Å². The molecule has 1 atom stereocenters. The highest BCUT2D eigenvalue weighted by Crippen LogP contribution is 2.26. The maximum atomic E-state index is 12.6. The van der Waals surface area contributed by atoms with Crippen LogP contribution in [0.25, 0.3) is 0 Å². The van der Waals surface area contributed by atoms with Crippen molar-refractivity contribution >= 4 is 10.0 Å². The van der Waals surface area contributed by atoms with Crippen LogP contribution in [0.3, 0.4) is 0 Å². The van der Waals surface area contributed by atoms with Crippen molar-refractivity contribution in [3.05, 3.63) is 59.2 Å². The largest absolute Gasteiger partial charge is 0.496 e. The van der Waals surface area contributed by atoms with Gasteiger partial charge in [0.05, 0.1) is 12.0 Å². The van der Waals surface area contributed by atoms with Crippen LogP contribution in [0.5, 0.6) is 5.75 Å². The third-order valence-corrected chi connectivity index (χ3v) is 5.26. The summed E-state index contributed by atoms with van der Waals surface area (Å²) >= 11 is 0. The standard InChI is InChI=1S/C17H21NO3S/c1-12-9-10-17(13(2)11-12)22(19,20)18-14(3)15-7-5-6-8-16(15)21-4/h5-11,14,18H,1-4H3. The van der Waals surface area contributed by atoms with Gasteiger partial charge in [-0.3, -0.25) is 0 Å². The van der Waals surface area contributed by atoms with E-state index in [0.29, 0.717) is 10.6 Å². The average molecular weight is 319 g/mol. The summed E-state index contributed by atoms with van der Waals surface area (Å²) < 4.78 is 33.2. The minimum Gasteiger partial charge on any atom is -0.496 e. The van der Waals surface area contributed by atoms with Crippen molar-refractivity contribution in [1.29, 1.82) is 0 Å². The van der Waals surface area contributed by atoms with Crippen molar-refractivity contribution in [1.82, 2.24) is 4.72 Å². The zero-order valence-corrected chi connectivity index (χ0v) is 14.1. The highest BCUT2D eigenvalue weighted by atomic mass is 32.2. The van der Waals surface area contributed by atoms with Gasteiger partial charge in [0.25, 0.3) is 0 Å². The van der Waals surface area contributed by atoms with Crippen LogP contribution in [0.1, 0.15) is 29.7 Å². The first-order valence-electron chi connectivity index (χ1n) is 7.07. The van der Waals surface area contributed by atoms with Crippen molar-refractivity contribution in [3.63, 3.8) is 0 Å². The van der Waals surface area contributed by atoms with E-state index in [4.69, 9.17) is 4.74 Å². The summed E-state index contributed by atoms with van der Waals surface area (Å²) in [5.74, 6) is 0.665. The van der Waals surface area contributed by atoms with Gasteiger partial charge in [-0.2, -0.15) is 0 Å². The van der Waals surface area contributed by atoms with Gasteiger partial charge in [-0.25, -0.2) is 13.1 Å². The molecule has 2 rings (SSSR count). The second-order valence-electron chi connectivity index (χ2n) is 5.35. The summed E-state index contributed by atoms with van der Waals surface area (Å²) in [6.45, 7) is 5.54. The lowest BCUT2D eigenvalue weighted by atomic mass is 10.1. The van der Waals surface area contributed by atoms with Crippen molar-refractivity contribution in [3.8, 4) is 5.75 Å². The smallest absolute Gasteiger partial charge is 0.241 e. The number of methoxy groups -OCH3 is 1. The Balaban J connectivity index is 2.32. The van der Waals surface area contributed by atoms with Crippen LogP contribution in [0.2, 0.25) is 0 Å². The Kier molecular flexibility index (Phi) is 4.88. The van der Waals surface area contributed by atoms with Crippen molar-refractivity contribution < 1.29 is 13.2 Å². The first-order chi connectivity index (χ1) is 10.3. The molecule has 0 heterocycles. The molecule has 0 saturated heterocycles. The number of rotatable bonds is 5. The molecule has 0 aliphatic heterocycles. The van der Waals surface area contributed by atoms with Crippen LogP contribution in [0.15, 0.2) is 47.4 Å². The lowest BCUT2D eigenvalue weighted by Gasteiger charge is -2.18. The Morgan fingerprint density at radius 3 is 2.41 bits per heavy atom. The fourth-order valence-corrected chi connectivity index (χ4v) is 3.93. The van der Waals surface area contributed by atoms with E-state index < -0.39 is 10.0 Å². The van der Waals surface area contributed by atoms with Gasteiger partial charge in [0.1, 0.15) is 5.75 Å². The molecule has 1 N–H and O–H groups in total. The molecular formula is C17H21NO3S. The molecule has 2 aromatic carbocycles. The molecule has 0 aliphatic rings. The molecule has 0 radical (unpaired) electrons. The molecule has 0 amide bonds. The Hall–Kier alpha value is -1.85. The molecule has 0 aromatic heterocycles. The van der Waals surface area contributed by atoms with Crippen molar-refractivity contribution in [2.75, 3.05) is 7.11 Å². The zero-order valence-electron chi connectivity index (χ0n) is 13.3. The number of hydrogen-bond donors (Lipinski definition) is 1. The van der Waals surface area contributed by atoms with E-state index in [1.165, 1.54) is 0 Å². The van der Waals surface area contributed by atoms with E-state index in [0.717, 1.165) is 16.7 Å². The average Bonchev–Trinajstić information content (AvgIpc) is 2.46. The van der Waals surface area contributed by atoms with Crippen molar-refractivity contribution in [2.24, 2.45) is 0 Å². The van der Waals surface area contributed by atoms with Crippen LogP contribution >= 0.6 is 0 Å². The molecule has 2 aromatic rings. The van der Waals surface area contributed by atoms with Crippen LogP contribution < -0.4 is 9.46 Å². The maximum Gasteiger partial charge on any atom is 0.241 e. The lowest BCUT2D eigenvalue weighted by Crippen LogP contribution is -2.27.